The Labute approximate surface area is 117 Å². The van der Waals surface area contributed by atoms with Gasteiger partial charge in [-0.05, 0) is 42.8 Å². The number of aliphatic imine (C=N–C) groups is 1. The van der Waals surface area contributed by atoms with Crippen molar-refractivity contribution in [2.75, 3.05) is 7.11 Å². The van der Waals surface area contributed by atoms with Crippen LogP contribution in [-0.2, 0) is 0 Å². The Hall–Kier alpha value is -2.36. The van der Waals surface area contributed by atoms with Crippen LogP contribution >= 0.6 is 0 Å². The number of halogens is 1. The highest BCUT2D eigenvalue weighted by Gasteiger charge is 2.04. The van der Waals surface area contributed by atoms with Gasteiger partial charge in [-0.15, -0.1) is 0 Å². The molecule has 0 amide bonds. The Morgan fingerprint density at radius 1 is 1.20 bits per heavy atom. The molecule has 0 heterocycles. The van der Waals surface area contributed by atoms with Crippen molar-refractivity contribution in [2.45, 2.75) is 13.0 Å². The zero-order valence-corrected chi connectivity index (χ0v) is 11.4. The minimum Gasteiger partial charge on any atom is -0.507 e. The number of hydrogen-bond acceptors (Lipinski definition) is 3. The molecule has 1 atom stereocenters. The van der Waals surface area contributed by atoms with Gasteiger partial charge in [0.2, 0.25) is 0 Å². The molecule has 2 aromatic carbocycles. The Balaban J connectivity index is 2.18. The van der Waals surface area contributed by atoms with E-state index in [1.165, 1.54) is 12.1 Å². The molecule has 0 spiro atoms. The Morgan fingerprint density at radius 2 is 1.90 bits per heavy atom. The molecule has 0 saturated heterocycles. The van der Waals surface area contributed by atoms with Crippen molar-refractivity contribution >= 4 is 6.21 Å². The Bertz CT molecular complexity index is 608. The second kappa shape index (κ2) is 6.19. The summed E-state index contributed by atoms with van der Waals surface area (Å²) in [6.45, 7) is 1.90. The van der Waals surface area contributed by atoms with Crippen molar-refractivity contribution in [3.63, 3.8) is 0 Å². The first-order valence-electron chi connectivity index (χ1n) is 6.26. The predicted molar refractivity (Wildman–Crippen MR) is 77.1 cm³/mol. The Kier molecular flexibility index (Phi) is 4.35. The highest BCUT2D eigenvalue weighted by Crippen LogP contribution is 2.23. The topological polar surface area (TPSA) is 41.8 Å². The summed E-state index contributed by atoms with van der Waals surface area (Å²) in [5.74, 6) is 0.523. The highest BCUT2D eigenvalue weighted by atomic mass is 19.1. The number of nitrogens with zero attached hydrogens (tertiary/aromatic N) is 1. The SMILES string of the molecule is COc1ccc(O)c(C=N[C@@H](C)c2ccc(F)cc2)c1. The number of phenols is 1. The van der Waals surface area contributed by atoms with Crippen LogP contribution in [0.2, 0.25) is 0 Å². The largest absolute Gasteiger partial charge is 0.507 e. The molecule has 0 aromatic heterocycles. The van der Waals surface area contributed by atoms with Gasteiger partial charge in [-0.25, -0.2) is 4.39 Å². The average Bonchev–Trinajstić information content (AvgIpc) is 2.47. The summed E-state index contributed by atoms with van der Waals surface area (Å²) >= 11 is 0. The zero-order valence-electron chi connectivity index (χ0n) is 11.4. The van der Waals surface area contributed by atoms with Gasteiger partial charge < -0.3 is 9.84 Å². The van der Waals surface area contributed by atoms with Gasteiger partial charge in [0.25, 0.3) is 0 Å². The average molecular weight is 273 g/mol. The van der Waals surface area contributed by atoms with Crippen molar-refractivity contribution in [1.82, 2.24) is 0 Å². The highest BCUT2D eigenvalue weighted by molar-refractivity contribution is 5.84. The molecule has 0 aliphatic heterocycles. The first kappa shape index (κ1) is 14.1. The number of phenolic OH excluding ortho intramolecular Hbond substituents is 1. The van der Waals surface area contributed by atoms with Gasteiger partial charge in [0.1, 0.15) is 17.3 Å². The zero-order chi connectivity index (χ0) is 14.5. The van der Waals surface area contributed by atoms with Crippen molar-refractivity contribution < 1.29 is 14.2 Å². The van der Waals surface area contributed by atoms with Crippen LogP contribution in [0.15, 0.2) is 47.5 Å². The third kappa shape index (κ3) is 3.35. The first-order chi connectivity index (χ1) is 9.60. The maximum atomic E-state index is 12.9. The molecule has 2 rings (SSSR count). The van der Waals surface area contributed by atoms with Crippen LogP contribution in [0.25, 0.3) is 0 Å². The number of hydrogen-bond donors (Lipinski definition) is 1. The molecule has 1 N–H and O–H groups in total. The molecule has 0 saturated carbocycles. The van der Waals surface area contributed by atoms with Crippen molar-refractivity contribution in [2.24, 2.45) is 4.99 Å². The van der Waals surface area contributed by atoms with E-state index in [1.54, 1.807) is 43.7 Å². The third-order valence-corrected chi connectivity index (χ3v) is 3.02. The summed E-state index contributed by atoms with van der Waals surface area (Å²) in [5, 5.41) is 9.75. The van der Waals surface area contributed by atoms with E-state index < -0.39 is 0 Å². The molecule has 4 heteroatoms. The van der Waals surface area contributed by atoms with Crippen LogP contribution in [-0.4, -0.2) is 18.4 Å². The van der Waals surface area contributed by atoms with Gasteiger partial charge in [-0.2, -0.15) is 0 Å². The van der Waals surface area contributed by atoms with Crippen molar-refractivity contribution in [3.05, 3.63) is 59.4 Å². The monoisotopic (exact) mass is 273 g/mol. The molecule has 0 aliphatic rings. The van der Waals surface area contributed by atoms with Crippen molar-refractivity contribution in [1.29, 1.82) is 0 Å². The Morgan fingerprint density at radius 3 is 2.55 bits per heavy atom. The smallest absolute Gasteiger partial charge is 0.124 e. The fourth-order valence-electron chi connectivity index (χ4n) is 1.78. The molecule has 104 valence electrons. The number of rotatable bonds is 4. The lowest BCUT2D eigenvalue weighted by Gasteiger charge is -2.07. The fraction of sp³-hybridized carbons (Fsp3) is 0.188. The lowest BCUT2D eigenvalue weighted by molar-refractivity contribution is 0.412. The first-order valence-corrected chi connectivity index (χ1v) is 6.26. The van der Waals surface area contributed by atoms with E-state index in [9.17, 15) is 9.50 Å². The van der Waals surface area contributed by atoms with Gasteiger partial charge in [0, 0.05) is 11.8 Å². The molecule has 2 aromatic rings. The summed E-state index contributed by atoms with van der Waals surface area (Å²) < 4.78 is 18.0. The molecule has 0 bridgehead atoms. The van der Waals surface area contributed by atoms with E-state index >= 15 is 0 Å². The second-order valence-corrected chi connectivity index (χ2v) is 4.43. The summed E-state index contributed by atoms with van der Waals surface area (Å²) in [4.78, 5) is 4.37. The maximum absolute atomic E-state index is 12.9. The van der Waals surface area contributed by atoms with E-state index in [0.717, 1.165) is 5.56 Å². The summed E-state index contributed by atoms with van der Waals surface area (Å²) in [6, 6.07) is 11.0. The number of benzene rings is 2. The van der Waals surface area contributed by atoms with Gasteiger partial charge in [-0.3, -0.25) is 4.99 Å². The lowest BCUT2D eigenvalue weighted by atomic mass is 10.1. The van der Waals surface area contributed by atoms with E-state index in [-0.39, 0.29) is 17.6 Å². The van der Waals surface area contributed by atoms with E-state index in [1.807, 2.05) is 6.92 Å². The predicted octanol–water partition coefficient (Wildman–Crippen LogP) is 3.72. The van der Waals surface area contributed by atoms with Gasteiger partial charge in [-0.1, -0.05) is 12.1 Å². The molecular weight excluding hydrogens is 257 g/mol. The van der Waals surface area contributed by atoms with E-state index in [0.29, 0.717) is 11.3 Å². The molecular formula is C16H16FNO2. The van der Waals surface area contributed by atoms with Crippen LogP contribution in [0.5, 0.6) is 11.5 Å². The molecule has 20 heavy (non-hydrogen) atoms. The van der Waals surface area contributed by atoms with Crippen LogP contribution in [0.4, 0.5) is 4.39 Å². The summed E-state index contributed by atoms with van der Waals surface area (Å²) in [7, 11) is 1.56. The quantitative estimate of drug-likeness (QED) is 0.863. The van der Waals surface area contributed by atoms with Gasteiger partial charge in [0.15, 0.2) is 0 Å². The minimum atomic E-state index is -0.268. The van der Waals surface area contributed by atoms with Crippen molar-refractivity contribution in [3.8, 4) is 11.5 Å². The van der Waals surface area contributed by atoms with Crippen LogP contribution in [0, 0.1) is 5.82 Å². The number of aromatic hydroxyl groups is 1. The number of methoxy groups -OCH3 is 1. The molecule has 0 unspecified atom stereocenters. The third-order valence-electron chi connectivity index (χ3n) is 3.02. The second-order valence-electron chi connectivity index (χ2n) is 4.43. The standard InChI is InChI=1S/C16H16FNO2/c1-11(12-3-5-14(17)6-4-12)18-10-13-9-15(20-2)7-8-16(13)19/h3-11,19H,1-2H3/t11-/m0/s1. The lowest BCUT2D eigenvalue weighted by Crippen LogP contribution is -1.92. The van der Waals surface area contributed by atoms with Crippen LogP contribution in [0.1, 0.15) is 24.1 Å². The molecule has 0 radical (unpaired) electrons. The minimum absolute atomic E-state index is 0.124. The van der Waals surface area contributed by atoms with E-state index in [4.69, 9.17) is 4.74 Å². The van der Waals surface area contributed by atoms with Gasteiger partial charge >= 0.3 is 0 Å². The molecule has 0 aliphatic carbocycles. The summed E-state index contributed by atoms with van der Waals surface area (Å²) in [6.07, 6.45) is 1.59. The number of ether oxygens (including phenoxy) is 1. The summed E-state index contributed by atoms with van der Waals surface area (Å²) in [5.41, 5.74) is 1.49. The maximum Gasteiger partial charge on any atom is 0.124 e. The molecule has 0 fully saturated rings. The van der Waals surface area contributed by atoms with Crippen LogP contribution < -0.4 is 4.74 Å². The fourth-order valence-corrected chi connectivity index (χ4v) is 1.78. The van der Waals surface area contributed by atoms with Gasteiger partial charge in [0.05, 0.1) is 13.2 Å². The normalized spacial score (nSPS) is 12.6. The van der Waals surface area contributed by atoms with E-state index in [2.05, 4.69) is 4.99 Å². The van der Waals surface area contributed by atoms with Crippen LogP contribution in [0.3, 0.4) is 0 Å². The molecule has 3 nitrogen and oxygen atoms in total.